The first-order valence-corrected chi connectivity index (χ1v) is 7.04. The van der Waals surface area contributed by atoms with Crippen LogP contribution in [0.4, 0.5) is 0 Å². The number of aryl methyl sites for hydroxylation is 1. The number of aliphatic hydroxyl groups is 3. The van der Waals surface area contributed by atoms with Gasteiger partial charge in [-0.2, -0.15) is 0 Å². The number of hydrogen-bond acceptors (Lipinski definition) is 4. The second-order valence-corrected chi connectivity index (χ2v) is 5.60. The molecule has 0 fully saturated rings. The molecule has 0 aliphatic rings. The van der Waals surface area contributed by atoms with Gasteiger partial charge in [0.1, 0.15) is 5.78 Å². The molecule has 0 spiro atoms. The van der Waals surface area contributed by atoms with Gasteiger partial charge in [0, 0.05) is 11.6 Å². The zero-order valence-corrected chi connectivity index (χ0v) is 13.3. The fraction of sp³-hybridized carbons (Fsp3) is 0.471. The number of carbonyl (C=O) groups is 1. The fourth-order valence-corrected chi connectivity index (χ4v) is 2.58. The summed E-state index contributed by atoms with van der Waals surface area (Å²) in [5.74, 6) is 0.108. The Labute approximate surface area is 125 Å². The molecule has 1 rings (SSSR count). The highest BCUT2D eigenvalue weighted by Gasteiger charge is 2.13. The Bertz CT molecular complexity index is 650. The zero-order chi connectivity index (χ0) is 16.3. The number of ketones is 1. The lowest BCUT2D eigenvalue weighted by Crippen LogP contribution is -2.26. The molecule has 4 nitrogen and oxygen atoms in total. The van der Waals surface area contributed by atoms with Crippen LogP contribution in [0.1, 0.15) is 51.3 Å². The lowest BCUT2D eigenvalue weighted by atomic mass is 9.95. The summed E-state index contributed by atoms with van der Waals surface area (Å²) in [5, 5.41) is 31.0. The first kappa shape index (κ1) is 17.4. The predicted octanol–water partition coefficient (Wildman–Crippen LogP) is 1.25. The van der Waals surface area contributed by atoms with Gasteiger partial charge in [0.25, 0.3) is 0 Å². The summed E-state index contributed by atoms with van der Waals surface area (Å²) in [6.45, 7) is 8.12. The minimum atomic E-state index is -0.756. The van der Waals surface area contributed by atoms with E-state index in [1.807, 2.05) is 13.0 Å². The highest BCUT2D eigenvalue weighted by molar-refractivity contribution is 5.84. The van der Waals surface area contributed by atoms with Gasteiger partial charge in [0.15, 0.2) is 0 Å². The highest BCUT2D eigenvalue weighted by Crippen LogP contribution is 2.11. The van der Waals surface area contributed by atoms with Crippen LogP contribution in [0.5, 0.6) is 0 Å². The number of rotatable bonds is 4. The molecule has 0 heterocycles. The van der Waals surface area contributed by atoms with Gasteiger partial charge in [-0.3, -0.25) is 4.79 Å². The third-order valence-corrected chi connectivity index (χ3v) is 3.49. The number of aliphatic hydroxyl groups excluding tert-OH is 3. The maximum absolute atomic E-state index is 11.4. The van der Waals surface area contributed by atoms with Crippen molar-refractivity contribution in [3.8, 4) is 0 Å². The highest BCUT2D eigenvalue weighted by atomic mass is 16.3. The second-order valence-electron chi connectivity index (χ2n) is 5.60. The minimum Gasteiger partial charge on any atom is -0.512 e. The number of benzene rings is 1. The molecule has 21 heavy (non-hydrogen) atoms. The Morgan fingerprint density at radius 1 is 1.19 bits per heavy atom. The normalized spacial score (nSPS) is 17.1. The molecule has 0 aliphatic carbocycles. The first-order valence-electron chi connectivity index (χ1n) is 7.04. The zero-order valence-electron chi connectivity index (χ0n) is 13.3. The van der Waals surface area contributed by atoms with E-state index in [9.17, 15) is 20.1 Å². The predicted molar refractivity (Wildman–Crippen MR) is 83.2 cm³/mol. The van der Waals surface area contributed by atoms with E-state index < -0.39 is 12.2 Å². The molecule has 0 radical (unpaired) electrons. The molecule has 0 amide bonds. The average molecular weight is 292 g/mol. The molecular formula is C17H24O4. The van der Waals surface area contributed by atoms with Crippen molar-refractivity contribution in [1.29, 1.82) is 0 Å². The smallest absolute Gasteiger partial charge is 0.133 e. The van der Waals surface area contributed by atoms with Gasteiger partial charge in [-0.25, -0.2) is 0 Å². The Morgan fingerprint density at radius 3 is 2.14 bits per heavy atom. The Hall–Kier alpha value is -1.65. The van der Waals surface area contributed by atoms with Gasteiger partial charge >= 0.3 is 0 Å². The monoisotopic (exact) mass is 292 g/mol. The van der Waals surface area contributed by atoms with E-state index in [1.54, 1.807) is 26.8 Å². The molecule has 0 saturated carbocycles. The van der Waals surface area contributed by atoms with E-state index in [-0.39, 0.29) is 18.0 Å². The topological polar surface area (TPSA) is 77.8 Å². The number of Topliss-reactive ketones (excluding diaryl/α,β-unsaturated/α-hetero) is 1. The fourth-order valence-electron chi connectivity index (χ4n) is 2.58. The number of carbonyl (C=O) groups excluding carboxylic acids is 1. The molecule has 0 bridgehead atoms. The molecule has 2 unspecified atom stereocenters. The average Bonchev–Trinajstić information content (AvgIpc) is 2.33. The van der Waals surface area contributed by atoms with Gasteiger partial charge in [-0.05, 0) is 62.6 Å². The van der Waals surface area contributed by atoms with Crippen molar-refractivity contribution in [3.63, 3.8) is 0 Å². The molecule has 2 atom stereocenters. The van der Waals surface area contributed by atoms with Gasteiger partial charge in [0.05, 0.1) is 18.0 Å². The summed E-state index contributed by atoms with van der Waals surface area (Å²) < 4.78 is 0. The number of hydrogen-bond donors (Lipinski definition) is 3. The molecule has 0 aromatic heterocycles. The van der Waals surface area contributed by atoms with E-state index in [4.69, 9.17) is 0 Å². The summed E-state index contributed by atoms with van der Waals surface area (Å²) in [5.41, 5.74) is 2.01. The Kier molecular flexibility index (Phi) is 5.70. The van der Waals surface area contributed by atoms with Crippen LogP contribution in [-0.2, 0) is 4.79 Å². The quantitative estimate of drug-likeness (QED) is 0.780. The summed E-state index contributed by atoms with van der Waals surface area (Å²) >= 11 is 0. The maximum atomic E-state index is 11.4. The van der Waals surface area contributed by atoms with Crippen LogP contribution in [0.15, 0.2) is 12.1 Å². The van der Waals surface area contributed by atoms with E-state index in [2.05, 4.69) is 0 Å². The van der Waals surface area contributed by atoms with Crippen LogP contribution in [-0.4, -0.2) is 27.2 Å². The standard InChI is InChI=1S/C17H24O4/c1-9-6-14(15(11(3)19)7-10(2)18)8-16(12(4)20)17(9)13(5)21/h6,8,11-12,19-21H,7H2,1-5H3. The summed E-state index contributed by atoms with van der Waals surface area (Å²) in [6, 6.07) is 3.56. The maximum Gasteiger partial charge on any atom is 0.133 e. The molecule has 3 N–H and O–H groups in total. The molecule has 4 heteroatoms. The minimum absolute atomic E-state index is 0.0314. The molecule has 116 valence electrons. The summed E-state index contributed by atoms with van der Waals surface area (Å²) in [4.78, 5) is 11.4. The van der Waals surface area contributed by atoms with Crippen molar-refractivity contribution in [2.45, 2.75) is 53.2 Å². The van der Waals surface area contributed by atoms with Crippen LogP contribution in [0.2, 0.25) is 0 Å². The van der Waals surface area contributed by atoms with Gasteiger partial charge in [-0.15, -0.1) is 0 Å². The van der Waals surface area contributed by atoms with E-state index in [1.165, 1.54) is 6.92 Å². The van der Waals surface area contributed by atoms with Crippen LogP contribution in [0.25, 0.3) is 11.3 Å². The van der Waals surface area contributed by atoms with Crippen LogP contribution in [0.3, 0.4) is 0 Å². The molecule has 0 saturated heterocycles. The third-order valence-electron chi connectivity index (χ3n) is 3.49. The summed E-state index contributed by atoms with van der Waals surface area (Å²) in [6.07, 6.45) is -1.34. The molecule has 1 aromatic rings. The molecule has 0 aliphatic heterocycles. The van der Waals surface area contributed by atoms with Crippen LogP contribution >= 0.6 is 0 Å². The van der Waals surface area contributed by atoms with Gasteiger partial charge in [-0.1, -0.05) is 6.07 Å². The molecule has 1 aromatic carbocycles. The lowest BCUT2D eigenvalue weighted by molar-refractivity contribution is -0.116. The van der Waals surface area contributed by atoms with Crippen molar-refractivity contribution in [3.05, 3.63) is 33.7 Å². The Balaban J connectivity index is 3.82. The van der Waals surface area contributed by atoms with Crippen molar-refractivity contribution in [1.82, 2.24) is 0 Å². The third kappa shape index (κ3) is 4.16. The van der Waals surface area contributed by atoms with Gasteiger partial charge < -0.3 is 15.3 Å². The lowest BCUT2D eigenvalue weighted by Gasteiger charge is -2.14. The largest absolute Gasteiger partial charge is 0.512 e. The first-order chi connectivity index (χ1) is 9.65. The van der Waals surface area contributed by atoms with E-state index in [0.717, 1.165) is 10.8 Å². The van der Waals surface area contributed by atoms with Crippen molar-refractivity contribution in [2.24, 2.45) is 0 Å². The van der Waals surface area contributed by atoms with Crippen LogP contribution < -0.4 is 10.4 Å². The molecular weight excluding hydrogens is 268 g/mol. The second kappa shape index (κ2) is 6.87. The SMILES string of the molecule is CC(=O)CC(=c1cc(C)c(=C(C)O)c(C(C)O)c1)C(C)O. The van der Waals surface area contributed by atoms with Crippen LogP contribution in [0, 0.1) is 6.92 Å². The van der Waals surface area contributed by atoms with Crippen molar-refractivity contribution < 1.29 is 20.1 Å². The Morgan fingerprint density at radius 2 is 1.76 bits per heavy atom. The van der Waals surface area contributed by atoms with E-state index >= 15 is 0 Å². The van der Waals surface area contributed by atoms with Crippen molar-refractivity contribution >= 4 is 17.1 Å². The van der Waals surface area contributed by atoms with E-state index in [0.29, 0.717) is 16.4 Å². The summed E-state index contributed by atoms with van der Waals surface area (Å²) in [7, 11) is 0. The van der Waals surface area contributed by atoms with Crippen molar-refractivity contribution in [2.75, 3.05) is 0 Å². The van der Waals surface area contributed by atoms with Gasteiger partial charge in [0.2, 0.25) is 0 Å².